The zero-order valence-corrected chi connectivity index (χ0v) is 21.9. The molecule has 202 valence electrons. The number of amides is 1. The molecular weight excluding hydrogens is 490 g/mol. The van der Waals surface area contributed by atoms with Gasteiger partial charge in [-0.3, -0.25) is 9.59 Å². The van der Waals surface area contributed by atoms with Crippen molar-refractivity contribution >= 4 is 17.8 Å². The van der Waals surface area contributed by atoms with Crippen LogP contribution in [0.25, 0.3) is 11.5 Å². The number of aromatic nitrogens is 1. The zero-order chi connectivity index (χ0) is 27.8. The number of nitrogens with one attached hydrogen (secondary N) is 1. The largest absolute Gasteiger partial charge is 0.493 e. The highest BCUT2D eigenvalue weighted by atomic mass is 16.5. The number of rotatable bonds is 12. The number of hydrogen-bond acceptors (Lipinski definition) is 8. The summed E-state index contributed by atoms with van der Waals surface area (Å²) in [6.07, 6.45) is 0.230. The monoisotopic (exact) mass is 523 g/mol. The SMILES string of the molecule is CNC(=O)c1cccc(-c2nc(CCOc3ccc(CCC(=O)O)c(C(N)C(=O)OC(C)C)c3)c(C)o2)c1. The van der Waals surface area contributed by atoms with Gasteiger partial charge < -0.3 is 30.0 Å². The Balaban J connectivity index is 1.73. The molecule has 10 heteroatoms. The molecule has 0 saturated carbocycles. The van der Waals surface area contributed by atoms with Crippen LogP contribution in [-0.2, 0) is 27.2 Å². The van der Waals surface area contributed by atoms with Crippen LogP contribution >= 0.6 is 0 Å². The normalized spacial score (nSPS) is 11.7. The smallest absolute Gasteiger partial charge is 0.327 e. The fourth-order valence-corrected chi connectivity index (χ4v) is 3.84. The molecule has 0 aliphatic heterocycles. The first kappa shape index (κ1) is 28.4. The number of oxazole rings is 1. The highest BCUT2D eigenvalue weighted by Crippen LogP contribution is 2.26. The predicted molar refractivity (Wildman–Crippen MR) is 140 cm³/mol. The number of nitrogens with two attached hydrogens (primary N) is 1. The summed E-state index contributed by atoms with van der Waals surface area (Å²) in [4.78, 5) is 40.0. The third kappa shape index (κ3) is 7.42. The van der Waals surface area contributed by atoms with E-state index in [0.717, 1.165) is 0 Å². The number of carbonyl (C=O) groups is 3. The lowest BCUT2D eigenvalue weighted by molar-refractivity contribution is -0.149. The van der Waals surface area contributed by atoms with Gasteiger partial charge in [0.05, 0.1) is 18.4 Å². The maximum absolute atomic E-state index is 12.4. The predicted octanol–water partition coefficient (Wildman–Crippen LogP) is 3.60. The Morgan fingerprint density at radius 2 is 1.89 bits per heavy atom. The van der Waals surface area contributed by atoms with Crippen molar-refractivity contribution in [3.8, 4) is 17.2 Å². The fraction of sp³-hybridized carbons (Fsp3) is 0.357. The molecule has 0 radical (unpaired) electrons. The van der Waals surface area contributed by atoms with Gasteiger partial charge in [0.2, 0.25) is 5.89 Å². The lowest BCUT2D eigenvalue weighted by Gasteiger charge is -2.18. The van der Waals surface area contributed by atoms with E-state index in [1.807, 2.05) is 13.0 Å². The van der Waals surface area contributed by atoms with Gasteiger partial charge in [0.15, 0.2) is 0 Å². The molecule has 1 aromatic heterocycles. The number of ether oxygens (including phenoxy) is 2. The first-order valence-electron chi connectivity index (χ1n) is 12.3. The number of carboxylic acid groups (broad SMARTS) is 1. The molecule has 0 aliphatic carbocycles. The van der Waals surface area contributed by atoms with Gasteiger partial charge in [-0.05, 0) is 68.7 Å². The Morgan fingerprint density at radius 1 is 1.13 bits per heavy atom. The Bertz CT molecular complexity index is 1300. The number of esters is 1. The van der Waals surface area contributed by atoms with Gasteiger partial charge in [-0.25, -0.2) is 9.78 Å². The Labute approximate surface area is 221 Å². The van der Waals surface area contributed by atoms with Crippen molar-refractivity contribution in [2.75, 3.05) is 13.7 Å². The van der Waals surface area contributed by atoms with Crippen molar-refractivity contribution < 1.29 is 33.4 Å². The van der Waals surface area contributed by atoms with E-state index in [4.69, 9.17) is 24.7 Å². The minimum atomic E-state index is -1.07. The second-order valence-electron chi connectivity index (χ2n) is 9.00. The van der Waals surface area contributed by atoms with Gasteiger partial charge in [0.1, 0.15) is 17.6 Å². The minimum Gasteiger partial charge on any atom is -0.493 e. The summed E-state index contributed by atoms with van der Waals surface area (Å²) in [7, 11) is 1.57. The van der Waals surface area contributed by atoms with Crippen LogP contribution in [0.15, 0.2) is 46.9 Å². The van der Waals surface area contributed by atoms with Crippen LogP contribution in [0.5, 0.6) is 5.75 Å². The Morgan fingerprint density at radius 3 is 2.58 bits per heavy atom. The third-order valence-corrected chi connectivity index (χ3v) is 5.77. The maximum atomic E-state index is 12.4. The van der Waals surface area contributed by atoms with E-state index in [2.05, 4.69) is 10.3 Å². The summed E-state index contributed by atoms with van der Waals surface area (Å²) in [5.74, 6) is -0.224. The van der Waals surface area contributed by atoms with Crippen molar-refractivity contribution in [3.05, 3.63) is 70.6 Å². The fourth-order valence-electron chi connectivity index (χ4n) is 3.84. The molecular formula is C28H33N3O7. The maximum Gasteiger partial charge on any atom is 0.327 e. The summed E-state index contributed by atoms with van der Waals surface area (Å²) in [6.45, 7) is 5.53. The number of carboxylic acids is 1. The van der Waals surface area contributed by atoms with Gasteiger partial charge in [0.25, 0.3) is 5.91 Å². The lowest BCUT2D eigenvalue weighted by atomic mass is 9.97. The number of hydrogen-bond donors (Lipinski definition) is 3. The highest BCUT2D eigenvalue weighted by molar-refractivity contribution is 5.95. The minimum absolute atomic E-state index is 0.0983. The van der Waals surface area contributed by atoms with Gasteiger partial charge in [-0.1, -0.05) is 12.1 Å². The van der Waals surface area contributed by atoms with Crippen LogP contribution in [0.2, 0.25) is 0 Å². The molecule has 1 amide bonds. The van der Waals surface area contributed by atoms with Crippen LogP contribution in [0.3, 0.4) is 0 Å². The van der Waals surface area contributed by atoms with Crippen molar-refractivity contribution in [1.82, 2.24) is 10.3 Å². The first-order chi connectivity index (χ1) is 18.1. The molecule has 10 nitrogen and oxygen atoms in total. The highest BCUT2D eigenvalue weighted by Gasteiger charge is 2.23. The van der Waals surface area contributed by atoms with E-state index in [0.29, 0.717) is 51.8 Å². The molecule has 1 atom stereocenters. The third-order valence-electron chi connectivity index (χ3n) is 5.77. The average Bonchev–Trinajstić information content (AvgIpc) is 3.26. The van der Waals surface area contributed by atoms with E-state index in [9.17, 15) is 14.4 Å². The molecule has 0 spiro atoms. The van der Waals surface area contributed by atoms with Crippen LogP contribution in [0.4, 0.5) is 0 Å². The lowest BCUT2D eigenvalue weighted by Crippen LogP contribution is -2.27. The first-order valence-corrected chi connectivity index (χ1v) is 12.3. The van der Waals surface area contributed by atoms with Crippen LogP contribution in [-0.4, -0.2) is 47.7 Å². The summed E-state index contributed by atoms with van der Waals surface area (Å²) < 4.78 is 17.0. The second kappa shape index (κ2) is 12.9. The molecule has 0 fully saturated rings. The second-order valence-corrected chi connectivity index (χ2v) is 9.00. The van der Waals surface area contributed by atoms with Crippen LogP contribution < -0.4 is 15.8 Å². The molecule has 0 bridgehead atoms. The summed E-state index contributed by atoms with van der Waals surface area (Å²) in [6, 6.07) is 11.0. The molecule has 3 rings (SSSR count). The van der Waals surface area contributed by atoms with Crippen molar-refractivity contribution in [3.63, 3.8) is 0 Å². The van der Waals surface area contributed by atoms with E-state index >= 15 is 0 Å². The molecule has 3 aromatic rings. The van der Waals surface area contributed by atoms with Crippen molar-refractivity contribution in [2.24, 2.45) is 5.73 Å². The summed E-state index contributed by atoms with van der Waals surface area (Å²) in [5.41, 5.74) is 9.18. The van der Waals surface area contributed by atoms with E-state index < -0.39 is 18.0 Å². The van der Waals surface area contributed by atoms with Crippen molar-refractivity contribution in [2.45, 2.75) is 52.2 Å². The average molecular weight is 524 g/mol. The van der Waals surface area contributed by atoms with E-state index in [1.165, 1.54) is 0 Å². The van der Waals surface area contributed by atoms with Crippen LogP contribution in [0.1, 0.15) is 59.2 Å². The molecule has 1 unspecified atom stereocenters. The molecule has 0 saturated heterocycles. The number of benzene rings is 2. The molecule has 38 heavy (non-hydrogen) atoms. The summed E-state index contributed by atoms with van der Waals surface area (Å²) in [5, 5.41) is 11.7. The van der Waals surface area contributed by atoms with Gasteiger partial charge >= 0.3 is 11.9 Å². The summed E-state index contributed by atoms with van der Waals surface area (Å²) >= 11 is 0. The quantitative estimate of drug-likeness (QED) is 0.302. The number of nitrogens with zero attached hydrogens (tertiary/aromatic N) is 1. The van der Waals surface area contributed by atoms with Crippen LogP contribution in [0, 0.1) is 6.92 Å². The number of aryl methyl sites for hydroxylation is 2. The van der Waals surface area contributed by atoms with E-state index in [-0.39, 0.29) is 31.5 Å². The Kier molecular flexibility index (Phi) is 9.61. The topological polar surface area (TPSA) is 154 Å². The number of aliphatic carboxylic acids is 1. The molecule has 2 aromatic carbocycles. The standard InChI is InChI=1S/C28H33N3O7/c1-16(2)37-28(35)25(29)22-15-21(10-8-18(22)9-11-24(32)33)36-13-12-23-17(3)38-27(31-23)20-7-5-6-19(14-20)26(34)30-4/h5-8,10,14-16,25H,9,11-13,29H2,1-4H3,(H,30,34)(H,32,33). The van der Waals surface area contributed by atoms with Gasteiger partial charge in [-0.2, -0.15) is 0 Å². The molecule has 0 aliphatic rings. The molecule has 1 heterocycles. The zero-order valence-electron chi connectivity index (χ0n) is 21.9. The number of carbonyl (C=O) groups excluding carboxylic acids is 2. The van der Waals surface area contributed by atoms with Gasteiger partial charge in [0, 0.05) is 31.0 Å². The van der Waals surface area contributed by atoms with E-state index in [1.54, 1.807) is 57.3 Å². The van der Waals surface area contributed by atoms with Gasteiger partial charge in [-0.15, -0.1) is 0 Å². The molecule has 4 N–H and O–H groups in total. The van der Waals surface area contributed by atoms with Crippen molar-refractivity contribution in [1.29, 1.82) is 0 Å². The Hall–Kier alpha value is -4.18.